The molecule has 0 unspecified atom stereocenters. The lowest BCUT2D eigenvalue weighted by Crippen LogP contribution is -2.51. The summed E-state index contributed by atoms with van der Waals surface area (Å²) in [5, 5.41) is 5.06. The molecular weight excluding hydrogens is 402 g/mol. The van der Waals surface area contributed by atoms with E-state index in [9.17, 15) is 4.79 Å². The fourth-order valence-corrected chi connectivity index (χ4v) is 5.19. The van der Waals surface area contributed by atoms with Crippen molar-refractivity contribution in [1.82, 2.24) is 24.3 Å². The van der Waals surface area contributed by atoms with Gasteiger partial charge in [-0.1, -0.05) is 26.0 Å². The summed E-state index contributed by atoms with van der Waals surface area (Å²) < 4.78 is 9.83. The molecule has 0 aliphatic carbocycles. The summed E-state index contributed by atoms with van der Waals surface area (Å²) in [4.78, 5) is 20.0. The number of benzene rings is 1. The molecule has 0 spiro atoms. The number of nitrogens with one attached hydrogen (secondary N) is 1. The SMILES string of the molecule is CC(C)C[C@@H]1N[C@H](C(=O)N2CCOCC2)Cc2cn(Cc3nccn3C)c3cccc1c23. The molecule has 7 heteroatoms. The number of carbonyl (C=O) groups excluding carboxylic acids is 1. The summed E-state index contributed by atoms with van der Waals surface area (Å²) in [5.41, 5.74) is 3.77. The van der Waals surface area contributed by atoms with Crippen molar-refractivity contribution >= 4 is 16.8 Å². The Hall–Kier alpha value is -2.64. The Morgan fingerprint density at radius 1 is 1.28 bits per heavy atom. The van der Waals surface area contributed by atoms with Crippen LogP contribution in [0, 0.1) is 5.92 Å². The number of ether oxygens (including phenoxy) is 1. The van der Waals surface area contributed by atoms with Gasteiger partial charge in [-0.3, -0.25) is 10.1 Å². The molecule has 170 valence electrons. The summed E-state index contributed by atoms with van der Waals surface area (Å²) >= 11 is 0. The fourth-order valence-electron chi connectivity index (χ4n) is 5.19. The Morgan fingerprint density at radius 3 is 2.81 bits per heavy atom. The number of hydrogen-bond acceptors (Lipinski definition) is 4. The van der Waals surface area contributed by atoms with Crippen LogP contribution in [0.5, 0.6) is 0 Å². The van der Waals surface area contributed by atoms with Crippen LogP contribution in [0.25, 0.3) is 10.9 Å². The Morgan fingerprint density at radius 2 is 2.09 bits per heavy atom. The molecule has 7 nitrogen and oxygen atoms in total. The first-order valence-electron chi connectivity index (χ1n) is 11.7. The van der Waals surface area contributed by atoms with Crippen LogP contribution in [-0.2, 0) is 29.5 Å². The predicted molar refractivity (Wildman–Crippen MR) is 124 cm³/mol. The molecule has 2 aliphatic rings. The van der Waals surface area contributed by atoms with E-state index in [1.165, 1.54) is 22.0 Å². The zero-order chi connectivity index (χ0) is 22.2. The van der Waals surface area contributed by atoms with E-state index in [-0.39, 0.29) is 18.0 Å². The molecule has 2 aliphatic heterocycles. The van der Waals surface area contributed by atoms with Gasteiger partial charge in [-0.15, -0.1) is 0 Å². The first kappa shape index (κ1) is 21.2. The molecule has 2 atom stereocenters. The van der Waals surface area contributed by atoms with Crippen molar-refractivity contribution in [3.05, 3.63) is 53.7 Å². The number of morpholine rings is 1. The molecule has 1 saturated heterocycles. The maximum Gasteiger partial charge on any atom is 0.240 e. The number of imidazole rings is 1. The molecule has 2 aromatic heterocycles. The minimum Gasteiger partial charge on any atom is -0.378 e. The third-order valence-corrected chi connectivity index (χ3v) is 6.78. The number of rotatable bonds is 5. The van der Waals surface area contributed by atoms with E-state index in [2.05, 4.69) is 57.7 Å². The number of aryl methyl sites for hydroxylation is 1. The number of aromatic nitrogens is 3. The summed E-state index contributed by atoms with van der Waals surface area (Å²) in [6.07, 6.45) is 7.76. The van der Waals surface area contributed by atoms with Gasteiger partial charge in [0, 0.05) is 55.7 Å². The largest absolute Gasteiger partial charge is 0.378 e. The van der Waals surface area contributed by atoms with Crippen molar-refractivity contribution in [2.75, 3.05) is 26.3 Å². The van der Waals surface area contributed by atoms with E-state index in [1.807, 2.05) is 24.3 Å². The van der Waals surface area contributed by atoms with E-state index >= 15 is 0 Å². The third kappa shape index (κ3) is 3.95. The van der Waals surface area contributed by atoms with Gasteiger partial charge in [0.05, 0.1) is 25.8 Å². The molecule has 0 radical (unpaired) electrons. The van der Waals surface area contributed by atoms with Crippen LogP contribution in [0.3, 0.4) is 0 Å². The zero-order valence-corrected chi connectivity index (χ0v) is 19.3. The smallest absolute Gasteiger partial charge is 0.240 e. The number of hydrogen-bond donors (Lipinski definition) is 1. The van der Waals surface area contributed by atoms with Crippen LogP contribution in [0.1, 0.15) is 43.3 Å². The lowest BCUT2D eigenvalue weighted by molar-refractivity contribution is -0.137. The Labute approximate surface area is 189 Å². The molecule has 4 heterocycles. The number of amides is 1. The quantitative estimate of drug-likeness (QED) is 0.669. The van der Waals surface area contributed by atoms with Gasteiger partial charge in [0.15, 0.2) is 0 Å². The normalized spacial score (nSPS) is 21.3. The second-order valence-electron chi connectivity index (χ2n) is 9.52. The maximum atomic E-state index is 13.5. The van der Waals surface area contributed by atoms with Gasteiger partial charge >= 0.3 is 0 Å². The van der Waals surface area contributed by atoms with Gasteiger partial charge in [-0.25, -0.2) is 4.98 Å². The first-order chi connectivity index (χ1) is 15.5. The number of nitrogens with zero attached hydrogens (tertiary/aromatic N) is 4. The highest BCUT2D eigenvalue weighted by Crippen LogP contribution is 2.36. The zero-order valence-electron chi connectivity index (χ0n) is 19.3. The van der Waals surface area contributed by atoms with Crippen LogP contribution in [-0.4, -0.2) is 57.3 Å². The molecule has 5 rings (SSSR count). The molecule has 0 bridgehead atoms. The van der Waals surface area contributed by atoms with Gasteiger partial charge < -0.3 is 18.8 Å². The second kappa shape index (κ2) is 8.71. The van der Waals surface area contributed by atoms with Crippen molar-refractivity contribution < 1.29 is 9.53 Å². The van der Waals surface area contributed by atoms with Crippen LogP contribution < -0.4 is 5.32 Å². The minimum atomic E-state index is -0.225. The molecule has 1 aromatic carbocycles. The van der Waals surface area contributed by atoms with E-state index in [1.54, 1.807) is 0 Å². The highest BCUT2D eigenvalue weighted by molar-refractivity contribution is 5.90. The minimum absolute atomic E-state index is 0.152. The van der Waals surface area contributed by atoms with Crippen LogP contribution in [0.4, 0.5) is 0 Å². The van der Waals surface area contributed by atoms with Gasteiger partial charge in [0.25, 0.3) is 0 Å². The molecule has 1 fully saturated rings. The maximum absolute atomic E-state index is 13.5. The molecule has 1 amide bonds. The van der Waals surface area contributed by atoms with Gasteiger partial charge in [0.2, 0.25) is 5.91 Å². The fraction of sp³-hybridized carbons (Fsp3) is 0.520. The van der Waals surface area contributed by atoms with Crippen LogP contribution >= 0.6 is 0 Å². The van der Waals surface area contributed by atoms with E-state index < -0.39 is 0 Å². The van der Waals surface area contributed by atoms with Crippen molar-refractivity contribution in [2.45, 2.75) is 45.3 Å². The monoisotopic (exact) mass is 435 g/mol. The topological polar surface area (TPSA) is 64.3 Å². The Balaban J connectivity index is 1.55. The van der Waals surface area contributed by atoms with Crippen molar-refractivity contribution in [3.63, 3.8) is 0 Å². The summed E-state index contributed by atoms with van der Waals surface area (Å²) in [7, 11) is 2.03. The highest BCUT2D eigenvalue weighted by atomic mass is 16.5. The molecular formula is C25H33N5O2. The highest BCUT2D eigenvalue weighted by Gasteiger charge is 2.33. The molecule has 3 aromatic rings. The Kier molecular flexibility index (Phi) is 5.78. The van der Waals surface area contributed by atoms with Crippen molar-refractivity contribution in [2.24, 2.45) is 13.0 Å². The van der Waals surface area contributed by atoms with E-state index in [0.29, 0.717) is 45.2 Å². The third-order valence-electron chi connectivity index (χ3n) is 6.78. The molecule has 1 N–H and O–H groups in total. The summed E-state index contributed by atoms with van der Waals surface area (Å²) in [5.74, 6) is 1.74. The standard InChI is InChI=1S/C25H33N5O2/c1-17(2)13-20-19-5-4-6-22-24(19)18(15-30(22)16-23-26-7-8-28(23)3)14-21(27-20)25(31)29-9-11-32-12-10-29/h4-8,15,17,20-21,27H,9-14,16H2,1-3H3/t20-,21-/m0/s1. The lowest BCUT2D eigenvalue weighted by Gasteiger charge is -2.32. The first-order valence-corrected chi connectivity index (χ1v) is 11.7. The summed E-state index contributed by atoms with van der Waals surface area (Å²) in [6, 6.07) is 6.51. The van der Waals surface area contributed by atoms with E-state index in [0.717, 1.165) is 12.2 Å². The summed E-state index contributed by atoms with van der Waals surface area (Å²) in [6.45, 7) is 7.81. The van der Waals surface area contributed by atoms with Gasteiger partial charge in [0.1, 0.15) is 5.82 Å². The van der Waals surface area contributed by atoms with E-state index in [4.69, 9.17) is 4.74 Å². The van der Waals surface area contributed by atoms with Crippen molar-refractivity contribution in [1.29, 1.82) is 0 Å². The second-order valence-corrected chi connectivity index (χ2v) is 9.52. The number of carbonyl (C=O) groups is 1. The Bertz CT molecular complexity index is 1110. The molecule has 32 heavy (non-hydrogen) atoms. The van der Waals surface area contributed by atoms with Gasteiger partial charge in [-0.05, 0) is 36.0 Å². The predicted octanol–water partition coefficient (Wildman–Crippen LogP) is 2.88. The van der Waals surface area contributed by atoms with Gasteiger partial charge in [-0.2, -0.15) is 0 Å². The average molecular weight is 436 g/mol. The van der Waals surface area contributed by atoms with Crippen molar-refractivity contribution in [3.8, 4) is 0 Å². The molecule has 0 saturated carbocycles. The average Bonchev–Trinajstić information content (AvgIpc) is 3.31. The van der Waals surface area contributed by atoms with Crippen LogP contribution in [0.15, 0.2) is 36.8 Å². The van der Waals surface area contributed by atoms with Crippen LogP contribution in [0.2, 0.25) is 0 Å². The lowest BCUT2D eigenvalue weighted by atomic mass is 9.94.